The fraction of sp³-hybridized carbons (Fsp3) is 0.933. The average molecular weight is 587 g/mol. The maximum atomic E-state index is 14.1. The number of halogens is 6. The van der Waals surface area contributed by atoms with Crippen LogP contribution in [0.25, 0.3) is 0 Å². The zero-order valence-corrected chi connectivity index (χ0v) is 20.8. The molecule has 1 aliphatic rings. The predicted molar refractivity (Wildman–Crippen MR) is 107 cm³/mol. The fourth-order valence-electron chi connectivity index (χ4n) is 2.70. The molecule has 1 rings (SSSR count). The van der Waals surface area contributed by atoms with Gasteiger partial charge < -0.3 is 4.74 Å². The molecular weight excluding hydrogens is 562 g/mol. The molecule has 1 fully saturated rings. The van der Waals surface area contributed by atoms with E-state index in [1.54, 1.807) is 13.8 Å². The highest BCUT2D eigenvalue weighted by atomic mass is 32.2. The lowest BCUT2D eigenvalue weighted by molar-refractivity contribution is -0.246. The average Bonchev–Trinajstić information content (AvgIpc) is 2.74. The van der Waals surface area contributed by atoms with E-state index in [2.05, 4.69) is 0 Å². The number of piperazine rings is 1. The Kier molecular flexibility index (Phi) is 9.67. The molecule has 1 unspecified atom stereocenters. The summed E-state index contributed by atoms with van der Waals surface area (Å²) in [6, 6.07) is 0. The van der Waals surface area contributed by atoms with Crippen molar-refractivity contribution in [2.24, 2.45) is 5.92 Å². The molecule has 1 atom stereocenters. The van der Waals surface area contributed by atoms with Gasteiger partial charge in [-0.3, -0.25) is 9.35 Å². The van der Waals surface area contributed by atoms with Crippen molar-refractivity contribution in [1.29, 1.82) is 0 Å². The van der Waals surface area contributed by atoms with E-state index >= 15 is 0 Å². The molecule has 0 amide bonds. The Morgan fingerprint density at radius 2 is 1.37 bits per heavy atom. The van der Waals surface area contributed by atoms with Crippen LogP contribution < -0.4 is 0 Å². The molecule has 0 aromatic heterocycles. The summed E-state index contributed by atoms with van der Waals surface area (Å²) in [6.45, 7) is -0.861. The molecule has 208 valence electrons. The van der Waals surface area contributed by atoms with Gasteiger partial charge in [-0.1, -0.05) is 13.8 Å². The van der Waals surface area contributed by atoms with Gasteiger partial charge in [0.2, 0.25) is 10.0 Å². The smallest absolute Gasteiger partial charge is 0.439 e. The highest BCUT2D eigenvalue weighted by Gasteiger charge is 2.82. The van der Waals surface area contributed by atoms with E-state index in [9.17, 15) is 56.4 Å². The molecule has 35 heavy (non-hydrogen) atoms. The summed E-state index contributed by atoms with van der Waals surface area (Å²) >= 11 is 0. The number of nitrogens with zero attached hydrogens (tertiary/aromatic N) is 2. The predicted octanol–water partition coefficient (Wildman–Crippen LogP) is 0.952. The molecule has 1 saturated heterocycles. The lowest BCUT2D eigenvalue weighted by Crippen LogP contribution is -2.64. The van der Waals surface area contributed by atoms with Crippen LogP contribution in [0.5, 0.6) is 0 Å². The standard InChI is InChI=1S/C15H24F6N2O9S3/c1-3-11(2)12(24)32-9-4-10-33(25,26)22-5-7-23(8-6-22)34(27,28)14(18,19)13(16,17)15(20,21)35(29,30)31/h11H,3-10H2,1-2H3,(H,29,30,31). The van der Waals surface area contributed by atoms with Crippen LogP contribution in [0.2, 0.25) is 0 Å². The Hall–Kier alpha value is -1.22. The quantitative estimate of drug-likeness (QED) is 0.152. The second-order valence-corrected chi connectivity index (χ2v) is 13.1. The highest BCUT2D eigenvalue weighted by molar-refractivity contribution is 7.90. The molecule has 0 spiro atoms. The first-order valence-corrected chi connectivity index (χ1v) is 14.3. The van der Waals surface area contributed by atoms with Gasteiger partial charge in [-0.25, -0.2) is 16.8 Å². The van der Waals surface area contributed by atoms with Crippen LogP contribution in [0.4, 0.5) is 26.3 Å². The number of esters is 1. The summed E-state index contributed by atoms with van der Waals surface area (Å²) in [5.41, 5.74) is 0. The van der Waals surface area contributed by atoms with Crippen LogP contribution in [0.15, 0.2) is 0 Å². The van der Waals surface area contributed by atoms with E-state index < -0.39 is 90.4 Å². The van der Waals surface area contributed by atoms with Crippen LogP contribution in [-0.2, 0) is 39.7 Å². The van der Waals surface area contributed by atoms with Gasteiger partial charge in [0.05, 0.1) is 18.3 Å². The zero-order valence-electron chi connectivity index (χ0n) is 18.3. The van der Waals surface area contributed by atoms with E-state index in [0.29, 0.717) is 10.7 Å². The minimum atomic E-state index is -7.15. The molecule has 1 N–H and O–H groups in total. The summed E-state index contributed by atoms with van der Waals surface area (Å²) in [4.78, 5) is 11.5. The van der Waals surface area contributed by atoms with Crippen molar-refractivity contribution < 1.29 is 65.7 Å². The molecular formula is C15H24F6N2O9S3. The molecule has 20 heteroatoms. The molecule has 11 nitrogen and oxygen atoms in total. The van der Waals surface area contributed by atoms with Crippen LogP contribution in [0.3, 0.4) is 0 Å². The van der Waals surface area contributed by atoms with Crippen molar-refractivity contribution >= 4 is 36.1 Å². The Balaban J connectivity index is 2.88. The van der Waals surface area contributed by atoms with Gasteiger partial charge in [-0.05, 0) is 12.8 Å². The summed E-state index contributed by atoms with van der Waals surface area (Å²) < 4.78 is 165. The van der Waals surface area contributed by atoms with Gasteiger partial charge in [-0.15, -0.1) is 0 Å². The molecule has 1 aliphatic heterocycles. The Labute approximate surface area is 198 Å². The third-order valence-corrected chi connectivity index (χ3v) is 9.93. The van der Waals surface area contributed by atoms with Gasteiger partial charge >= 0.3 is 32.5 Å². The summed E-state index contributed by atoms with van der Waals surface area (Å²) in [6.07, 6.45) is 0.320. The zero-order chi connectivity index (χ0) is 27.7. The van der Waals surface area contributed by atoms with Crippen LogP contribution in [0, 0.1) is 5.92 Å². The maximum absolute atomic E-state index is 14.1. The first-order valence-electron chi connectivity index (χ1n) is 9.82. The molecule has 0 aromatic rings. The molecule has 0 aliphatic carbocycles. The van der Waals surface area contributed by atoms with Crippen molar-refractivity contribution in [1.82, 2.24) is 8.61 Å². The first kappa shape index (κ1) is 31.8. The van der Waals surface area contributed by atoms with Crippen molar-refractivity contribution in [2.75, 3.05) is 38.5 Å². The van der Waals surface area contributed by atoms with E-state index in [0.717, 1.165) is 0 Å². The normalized spacial score (nSPS) is 18.9. The molecule has 0 aromatic carbocycles. The Morgan fingerprint density at radius 1 is 0.914 bits per heavy atom. The number of carbonyl (C=O) groups excluding carboxylic acids is 1. The largest absolute Gasteiger partial charge is 0.465 e. The minimum absolute atomic E-state index is 0.169. The Morgan fingerprint density at radius 3 is 1.80 bits per heavy atom. The number of hydrogen-bond acceptors (Lipinski definition) is 8. The second kappa shape index (κ2) is 10.6. The number of rotatable bonds is 12. The third kappa shape index (κ3) is 6.20. The van der Waals surface area contributed by atoms with Gasteiger partial charge in [0.15, 0.2) is 0 Å². The van der Waals surface area contributed by atoms with Crippen molar-refractivity contribution in [3.05, 3.63) is 0 Å². The second-order valence-electron chi connectivity index (χ2n) is 7.53. The van der Waals surface area contributed by atoms with E-state index in [1.807, 2.05) is 0 Å². The molecule has 0 saturated carbocycles. The SMILES string of the molecule is CCC(C)C(=O)OCCCS(=O)(=O)N1CCN(S(=O)(=O)C(F)(F)C(F)(F)C(F)(F)S(=O)(=O)O)CC1. The van der Waals surface area contributed by atoms with Gasteiger partial charge in [0, 0.05) is 26.2 Å². The lowest BCUT2D eigenvalue weighted by atomic mass is 10.1. The molecule has 0 bridgehead atoms. The molecule has 1 heterocycles. The molecule has 0 radical (unpaired) electrons. The topological polar surface area (TPSA) is 155 Å². The van der Waals surface area contributed by atoms with E-state index in [1.165, 1.54) is 0 Å². The number of carbonyl (C=O) groups is 1. The van der Waals surface area contributed by atoms with Crippen molar-refractivity contribution in [3.63, 3.8) is 0 Å². The fourth-order valence-corrected chi connectivity index (χ4v) is 6.09. The number of alkyl halides is 6. The lowest BCUT2D eigenvalue weighted by Gasteiger charge is -2.37. The van der Waals surface area contributed by atoms with Gasteiger partial charge in [0.1, 0.15) is 0 Å². The van der Waals surface area contributed by atoms with Gasteiger partial charge in [0.25, 0.3) is 10.0 Å². The number of ether oxygens (including phenoxy) is 1. The van der Waals surface area contributed by atoms with Crippen LogP contribution in [-0.4, -0.2) is 99.4 Å². The maximum Gasteiger partial charge on any atom is 0.439 e. The van der Waals surface area contributed by atoms with Gasteiger partial charge in [-0.2, -0.15) is 43.4 Å². The third-order valence-electron chi connectivity index (χ3n) is 5.12. The monoisotopic (exact) mass is 586 g/mol. The first-order chi connectivity index (χ1) is 15.6. The summed E-state index contributed by atoms with van der Waals surface area (Å²) in [5, 5.41) is -13.6. The van der Waals surface area contributed by atoms with Crippen LogP contribution >= 0.6 is 0 Å². The van der Waals surface area contributed by atoms with E-state index in [-0.39, 0.29) is 17.3 Å². The van der Waals surface area contributed by atoms with E-state index in [4.69, 9.17) is 9.29 Å². The van der Waals surface area contributed by atoms with Crippen molar-refractivity contribution in [2.45, 2.75) is 43.1 Å². The highest BCUT2D eigenvalue weighted by Crippen LogP contribution is 2.51. The number of hydrogen-bond donors (Lipinski definition) is 1. The van der Waals surface area contributed by atoms with Crippen LogP contribution in [0.1, 0.15) is 26.7 Å². The minimum Gasteiger partial charge on any atom is -0.465 e. The Bertz CT molecular complexity index is 1090. The number of sulfonamides is 2. The summed E-state index contributed by atoms with van der Waals surface area (Å²) in [5.74, 6) is -8.64. The van der Waals surface area contributed by atoms with Crippen molar-refractivity contribution in [3.8, 4) is 0 Å². The summed E-state index contributed by atoms with van der Waals surface area (Å²) in [7, 11) is -17.9.